The summed E-state index contributed by atoms with van der Waals surface area (Å²) < 4.78 is 16.8. The fourth-order valence-corrected chi connectivity index (χ4v) is 4.93. The van der Waals surface area contributed by atoms with Crippen molar-refractivity contribution >= 4 is 34.8 Å². The van der Waals surface area contributed by atoms with E-state index in [0.29, 0.717) is 33.5 Å². The molecule has 204 valence electrons. The molecule has 0 saturated carbocycles. The summed E-state index contributed by atoms with van der Waals surface area (Å²) in [5, 5.41) is 3.38. The van der Waals surface area contributed by atoms with E-state index in [9.17, 15) is 19.2 Å². The number of hydrogen-bond donors (Lipinski definition) is 1. The van der Waals surface area contributed by atoms with Gasteiger partial charge >= 0.3 is 12.0 Å². The van der Waals surface area contributed by atoms with Crippen LogP contribution in [-0.4, -0.2) is 59.0 Å². The maximum Gasteiger partial charge on any atom is 0.328 e. The minimum atomic E-state index is -1.76. The van der Waals surface area contributed by atoms with Crippen molar-refractivity contribution in [2.24, 2.45) is 5.41 Å². The molecule has 0 unspecified atom stereocenters. The van der Waals surface area contributed by atoms with Crippen molar-refractivity contribution in [2.45, 2.75) is 46.7 Å². The average molecular weight is 535 g/mol. The first kappa shape index (κ1) is 26.2. The second-order valence-corrected chi connectivity index (χ2v) is 10.9. The average Bonchev–Trinajstić information content (AvgIpc) is 3.50. The number of fused-ring (bicyclic) bond motifs is 2. The van der Waals surface area contributed by atoms with Gasteiger partial charge in [-0.05, 0) is 52.3 Å². The molecule has 3 aromatic rings. The fourth-order valence-electron chi connectivity index (χ4n) is 4.93. The number of rotatable bonds is 6. The Morgan fingerprint density at radius 2 is 1.92 bits per heavy atom. The van der Waals surface area contributed by atoms with Gasteiger partial charge in [-0.2, -0.15) is 0 Å². The lowest BCUT2D eigenvalue weighted by Gasteiger charge is -2.29. The number of urea groups is 1. The molecule has 4 heterocycles. The number of hydrogen-bond acceptors (Lipinski definition) is 8. The Morgan fingerprint density at radius 3 is 2.62 bits per heavy atom. The van der Waals surface area contributed by atoms with Gasteiger partial charge < -0.3 is 24.1 Å². The molecule has 0 radical (unpaired) electrons. The number of pyridine rings is 1. The van der Waals surface area contributed by atoms with Crippen LogP contribution in [0, 0.1) is 19.3 Å². The van der Waals surface area contributed by atoms with Crippen molar-refractivity contribution < 1.29 is 33.1 Å². The Kier molecular flexibility index (Phi) is 6.12. The predicted molar refractivity (Wildman–Crippen MR) is 139 cm³/mol. The van der Waals surface area contributed by atoms with Gasteiger partial charge in [0.15, 0.2) is 12.3 Å². The van der Waals surface area contributed by atoms with Gasteiger partial charge in [-0.25, -0.2) is 9.69 Å². The number of imide groups is 1. The van der Waals surface area contributed by atoms with Gasteiger partial charge in [-0.1, -0.05) is 6.07 Å². The Balaban J connectivity index is 1.53. The summed E-state index contributed by atoms with van der Waals surface area (Å²) in [5.41, 5.74) is 0.588. The van der Waals surface area contributed by atoms with E-state index in [1.54, 1.807) is 52.1 Å². The molecule has 4 amide bonds. The summed E-state index contributed by atoms with van der Waals surface area (Å²) >= 11 is 0. The molecule has 11 heteroatoms. The van der Waals surface area contributed by atoms with Crippen molar-refractivity contribution in [2.75, 3.05) is 20.4 Å². The third-order valence-electron chi connectivity index (χ3n) is 7.08. The first-order chi connectivity index (χ1) is 18.4. The highest BCUT2D eigenvalue weighted by atomic mass is 16.5. The Hall–Kier alpha value is -4.41. The molecule has 2 aliphatic rings. The lowest BCUT2D eigenvalue weighted by Crippen LogP contribution is -2.52. The van der Waals surface area contributed by atoms with Crippen molar-refractivity contribution in [3.63, 3.8) is 0 Å². The van der Waals surface area contributed by atoms with Crippen LogP contribution < -0.4 is 10.1 Å². The largest absolute Gasteiger partial charge is 0.496 e. The molecule has 1 saturated heterocycles. The molecule has 0 spiro atoms. The fraction of sp³-hybridized carbons (Fsp3) is 0.393. The molecule has 1 fully saturated rings. The molecule has 1 atom stereocenters. The van der Waals surface area contributed by atoms with Crippen LogP contribution >= 0.6 is 0 Å². The third-order valence-corrected chi connectivity index (χ3v) is 7.08. The van der Waals surface area contributed by atoms with E-state index in [2.05, 4.69) is 10.3 Å². The van der Waals surface area contributed by atoms with Crippen LogP contribution in [0.2, 0.25) is 0 Å². The van der Waals surface area contributed by atoms with E-state index >= 15 is 0 Å². The summed E-state index contributed by atoms with van der Waals surface area (Å²) in [6.45, 7) is 8.07. The molecule has 2 aromatic heterocycles. The van der Waals surface area contributed by atoms with Crippen molar-refractivity contribution in [1.82, 2.24) is 20.1 Å². The van der Waals surface area contributed by atoms with Gasteiger partial charge in [0.25, 0.3) is 11.8 Å². The van der Waals surface area contributed by atoms with E-state index in [0.717, 1.165) is 10.5 Å². The van der Waals surface area contributed by atoms with Crippen LogP contribution in [-0.2, 0) is 26.4 Å². The number of furan rings is 1. The lowest BCUT2D eigenvalue weighted by atomic mass is 9.95. The number of benzene rings is 1. The molecule has 11 nitrogen and oxygen atoms in total. The van der Waals surface area contributed by atoms with Crippen LogP contribution in [0.5, 0.6) is 5.75 Å². The molecule has 1 N–H and O–H groups in total. The number of aryl methyl sites for hydroxylation is 1. The number of amides is 4. The quantitative estimate of drug-likeness (QED) is 0.376. The number of esters is 1. The maximum atomic E-state index is 14.0. The molecular formula is C28H30N4O7. The number of nitrogens with zero attached hydrogens (tertiary/aromatic N) is 3. The summed E-state index contributed by atoms with van der Waals surface area (Å²) in [5.74, 6) is -0.840. The highest BCUT2D eigenvalue weighted by Gasteiger charge is 2.57. The van der Waals surface area contributed by atoms with Gasteiger partial charge in [-0.3, -0.25) is 19.4 Å². The summed E-state index contributed by atoms with van der Waals surface area (Å²) in [7, 11) is 1.53. The molecule has 39 heavy (non-hydrogen) atoms. The van der Waals surface area contributed by atoms with Gasteiger partial charge in [0.1, 0.15) is 17.1 Å². The number of aromatic nitrogens is 1. The van der Waals surface area contributed by atoms with Crippen molar-refractivity contribution in [1.29, 1.82) is 0 Å². The maximum absolute atomic E-state index is 14.0. The number of ether oxygens (including phenoxy) is 2. The lowest BCUT2D eigenvalue weighted by molar-refractivity contribution is -0.158. The number of carbonyl (C=O) groups excluding carboxylic acids is 4. The highest BCUT2D eigenvalue weighted by molar-refractivity contribution is 6.08. The van der Waals surface area contributed by atoms with E-state index in [-0.39, 0.29) is 24.8 Å². The monoisotopic (exact) mass is 534 g/mol. The molecule has 0 bridgehead atoms. The summed E-state index contributed by atoms with van der Waals surface area (Å²) in [6, 6.07) is 6.20. The first-order valence-electron chi connectivity index (χ1n) is 12.5. The molecule has 2 aliphatic heterocycles. The van der Waals surface area contributed by atoms with E-state index in [4.69, 9.17) is 13.9 Å². The van der Waals surface area contributed by atoms with Crippen LogP contribution in [0.1, 0.15) is 53.7 Å². The zero-order valence-corrected chi connectivity index (χ0v) is 22.7. The van der Waals surface area contributed by atoms with E-state index < -0.39 is 35.6 Å². The first-order valence-corrected chi connectivity index (χ1v) is 12.5. The van der Waals surface area contributed by atoms with Crippen LogP contribution in [0.4, 0.5) is 4.79 Å². The Bertz CT molecular complexity index is 1540. The zero-order valence-electron chi connectivity index (χ0n) is 22.7. The smallest absolute Gasteiger partial charge is 0.328 e. The normalized spacial score (nSPS) is 19.1. The van der Waals surface area contributed by atoms with Crippen molar-refractivity contribution in [3.8, 4) is 5.75 Å². The summed E-state index contributed by atoms with van der Waals surface area (Å²) in [4.78, 5) is 59.7. The predicted octanol–water partition coefficient (Wildman–Crippen LogP) is 3.40. The standard InChI is InChI=1S/C28H30N4O7/c1-15-9-20-18(11-29-15)10-21(39-20)28(24(34)32(26(36)30-28)14-38-25(35)27(3,4)5)13-31-12-17-7-8-19(37-6)16(2)22(17)23(31)33/h7-11H,12-14H2,1-6H3,(H,30,36)/t28-/m0/s1. The highest BCUT2D eigenvalue weighted by Crippen LogP contribution is 2.38. The molecule has 5 rings (SSSR count). The summed E-state index contributed by atoms with van der Waals surface area (Å²) in [6.07, 6.45) is 1.61. The topological polar surface area (TPSA) is 131 Å². The Labute approximate surface area is 225 Å². The third kappa shape index (κ3) is 4.27. The van der Waals surface area contributed by atoms with E-state index in [1.165, 1.54) is 12.0 Å². The Morgan fingerprint density at radius 1 is 1.18 bits per heavy atom. The number of methoxy groups -OCH3 is 1. The van der Waals surface area contributed by atoms with E-state index in [1.807, 2.05) is 13.0 Å². The molecule has 0 aliphatic carbocycles. The second-order valence-electron chi connectivity index (χ2n) is 10.9. The van der Waals surface area contributed by atoms with Crippen LogP contribution in [0.3, 0.4) is 0 Å². The SMILES string of the molecule is COc1ccc2c(c1C)C(=O)N(C[C@@]1(c3cc4cnc(C)cc4o3)NC(=O)N(COC(=O)C(C)(C)C)C1=O)C2. The van der Waals surface area contributed by atoms with Crippen LogP contribution in [0.15, 0.2) is 34.9 Å². The van der Waals surface area contributed by atoms with Crippen LogP contribution in [0.25, 0.3) is 11.0 Å². The minimum Gasteiger partial charge on any atom is -0.496 e. The number of nitrogens with one attached hydrogen (secondary N) is 1. The van der Waals surface area contributed by atoms with Gasteiger partial charge in [0.05, 0.1) is 24.6 Å². The molecular weight excluding hydrogens is 504 g/mol. The van der Waals surface area contributed by atoms with Gasteiger partial charge in [0.2, 0.25) is 0 Å². The molecule has 1 aromatic carbocycles. The number of carbonyl (C=O) groups is 4. The minimum absolute atomic E-state index is 0.144. The van der Waals surface area contributed by atoms with Gasteiger partial charge in [-0.15, -0.1) is 0 Å². The second kappa shape index (κ2) is 9.11. The van der Waals surface area contributed by atoms with Gasteiger partial charge in [0, 0.05) is 35.5 Å². The van der Waals surface area contributed by atoms with Crippen molar-refractivity contribution in [3.05, 3.63) is 58.6 Å². The zero-order chi connectivity index (χ0) is 28.3.